The van der Waals surface area contributed by atoms with E-state index in [2.05, 4.69) is 11.4 Å². The van der Waals surface area contributed by atoms with Crippen molar-refractivity contribution in [2.45, 2.75) is 31.9 Å². The van der Waals surface area contributed by atoms with Gasteiger partial charge >= 0.3 is 0 Å². The lowest BCUT2D eigenvalue weighted by Crippen LogP contribution is -2.20. The first-order chi connectivity index (χ1) is 9.33. The van der Waals surface area contributed by atoms with Crippen molar-refractivity contribution in [3.05, 3.63) is 57.3 Å². The molecule has 1 aromatic heterocycles. The molecule has 1 heterocycles. The second-order valence-electron chi connectivity index (χ2n) is 5.07. The predicted molar refractivity (Wildman–Crippen MR) is 79.5 cm³/mol. The van der Waals surface area contributed by atoms with Gasteiger partial charge in [0, 0.05) is 22.8 Å². The average Bonchev–Trinajstić information content (AvgIpc) is 3.00. The highest BCUT2D eigenvalue weighted by Gasteiger charge is 2.14. The lowest BCUT2D eigenvalue weighted by molar-refractivity contribution is 0.174. The number of hydrogen-bond donors (Lipinski definition) is 2. The van der Waals surface area contributed by atoms with Crippen LogP contribution in [0.5, 0.6) is 0 Å². The molecular weight excluding hydrogens is 254 g/mol. The van der Waals surface area contributed by atoms with Crippen LogP contribution in [0.3, 0.4) is 0 Å². The molecule has 3 heteroatoms. The molecule has 3 rings (SSSR count). The Morgan fingerprint density at radius 3 is 2.84 bits per heavy atom. The summed E-state index contributed by atoms with van der Waals surface area (Å²) in [6.07, 6.45) is 3.40. The fourth-order valence-corrected chi connectivity index (χ4v) is 3.83. The fourth-order valence-electron chi connectivity index (χ4n) is 2.60. The highest BCUT2D eigenvalue weighted by Crippen LogP contribution is 2.30. The monoisotopic (exact) mass is 273 g/mol. The third kappa shape index (κ3) is 3.06. The van der Waals surface area contributed by atoms with Crippen LogP contribution in [-0.4, -0.2) is 11.7 Å². The molecule has 0 radical (unpaired) electrons. The van der Waals surface area contributed by atoms with Crippen molar-refractivity contribution in [3.63, 3.8) is 0 Å². The van der Waals surface area contributed by atoms with Gasteiger partial charge in [-0.15, -0.1) is 11.3 Å². The van der Waals surface area contributed by atoms with Gasteiger partial charge in [0.15, 0.2) is 0 Å². The summed E-state index contributed by atoms with van der Waals surface area (Å²) in [6, 6.07) is 12.1. The molecule has 19 heavy (non-hydrogen) atoms. The van der Waals surface area contributed by atoms with Gasteiger partial charge in [0.1, 0.15) is 0 Å². The van der Waals surface area contributed by atoms with Crippen LogP contribution in [0, 0.1) is 0 Å². The number of fused-ring (bicyclic) bond motifs is 1. The minimum Gasteiger partial charge on any atom is -0.387 e. The van der Waals surface area contributed by atoms with Crippen molar-refractivity contribution in [3.8, 4) is 0 Å². The summed E-state index contributed by atoms with van der Waals surface area (Å²) in [5.41, 5.74) is 2.52. The first kappa shape index (κ1) is 12.9. The number of aliphatic hydroxyl groups is 1. The van der Waals surface area contributed by atoms with Gasteiger partial charge in [-0.2, -0.15) is 0 Å². The van der Waals surface area contributed by atoms with Crippen molar-refractivity contribution in [1.82, 2.24) is 5.32 Å². The van der Waals surface area contributed by atoms with E-state index in [-0.39, 0.29) is 0 Å². The van der Waals surface area contributed by atoms with E-state index >= 15 is 0 Å². The summed E-state index contributed by atoms with van der Waals surface area (Å²) in [4.78, 5) is 2.96. The molecule has 2 N–H and O–H groups in total. The van der Waals surface area contributed by atoms with Crippen molar-refractivity contribution < 1.29 is 5.11 Å². The summed E-state index contributed by atoms with van der Waals surface area (Å²) in [7, 11) is 0. The van der Waals surface area contributed by atoms with Gasteiger partial charge in [-0.3, -0.25) is 0 Å². The number of hydrogen-bond acceptors (Lipinski definition) is 3. The lowest BCUT2D eigenvalue weighted by atomic mass is 10.1. The summed E-state index contributed by atoms with van der Waals surface area (Å²) in [5, 5.41) is 13.4. The average molecular weight is 273 g/mol. The number of benzene rings is 1. The van der Waals surface area contributed by atoms with Crippen molar-refractivity contribution in [2.75, 3.05) is 6.54 Å². The summed E-state index contributed by atoms with van der Waals surface area (Å²) in [6.45, 7) is 1.47. The Hall–Kier alpha value is -1.16. The van der Waals surface area contributed by atoms with E-state index < -0.39 is 6.10 Å². The normalized spacial score (nSPS) is 15.4. The summed E-state index contributed by atoms with van der Waals surface area (Å²) in [5.74, 6) is 0. The molecule has 0 amide bonds. The Bertz CT molecular complexity index is 513. The molecule has 0 fully saturated rings. The number of aliphatic hydroxyl groups excluding tert-OH is 1. The van der Waals surface area contributed by atoms with Crippen molar-refractivity contribution >= 4 is 11.3 Å². The zero-order valence-electron chi connectivity index (χ0n) is 10.9. The molecule has 0 spiro atoms. The third-order valence-electron chi connectivity index (χ3n) is 3.62. The maximum absolute atomic E-state index is 10.1. The van der Waals surface area contributed by atoms with E-state index in [0.717, 1.165) is 12.1 Å². The van der Waals surface area contributed by atoms with Gasteiger partial charge in [0.25, 0.3) is 0 Å². The van der Waals surface area contributed by atoms with Gasteiger partial charge in [-0.25, -0.2) is 0 Å². The van der Waals surface area contributed by atoms with E-state index in [4.69, 9.17) is 0 Å². The maximum Gasteiger partial charge on any atom is 0.0914 e. The molecule has 0 aliphatic heterocycles. The number of thiophene rings is 1. The Kier molecular flexibility index (Phi) is 3.97. The molecule has 2 aromatic rings. The minimum absolute atomic E-state index is 0.423. The summed E-state index contributed by atoms with van der Waals surface area (Å²) >= 11 is 1.93. The summed E-state index contributed by atoms with van der Waals surface area (Å²) < 4.78 is 0. The number of rotatable bonds is 5. The first-order valence-corrected chi connectivity index (χ1v) is 7.69. The second kappa shape index (κ2) is 5.87. The molecule has 100 valence electrons. The molecule has 1 aliphatic rings. The Balaban J connectivity index is 1.50. The van der Waals surface area contributed by atoms with Gasteiger partial charge in [-0.1, -0.05) is 30.3 Å². The quantitative estimate of drug-likeness (QED) is 0.877. The Morgan fingerprint density at radius 2 is 2.05 bits per heavy atom. The molecule has 0 saturated heterocycles. The topological polar surface area (TPSA) is 32.3 Å². The van der Waals surface area contributed by atoms with Crippen LogP contribution in [0.2, 0.25) is 0 Å². The van der Waals surface area contributed by atoms with E-state index in [1.165, 1.54) is 24.1 Å². The SMILES string of the molecule is OC(CNCc1cc2c(s1)CCC2)c1ccccc1. The van der Waals surface area contributed by atoms with Gasteiger partial charge in [-0.05, 0) is 36.5 Å². The van der Waals surface area contributed by atoms with E-state index in [1.807, 2.05) is 41.7 Å². The zero-order valence-corrected chi connectivity index (χ0v) is 11.7. The standard InChI is InChI=1S/C16H19NOS/c18-15(12-5-2-1-3-6-12)11-17-10-14-9-13-7-4-8-16(13)19-14/h1-3,5-6,9,15,17-18H,4,7-8,10-11H2. The number of nitrogens with one attached hydrogen (secondary N) is 1. The molecule has 1 aliphatic carbocycles. The van der Waals surface area contributed by atoms with Crippen LogP contribution in [0.1, 0.15) is 33.4 Å². The highest BCUT2D eigenvalue weighted by molar-refractivity contribution is 7.12. The Labute approximate surface area is 118 Å². The van der Waals surface area contributed by atoms with Gasteiger partial charge < -0.3 is 10.4 Å². The van der Waals surface area contributed by atoms with E-state index in [0.29, 0.717) is 6.54 Å². The molecule has 2 nitrogen and oxygen atoms in total. The smallest absolute Gasteiger partial charge is 0.0914 e. The molecular formula is C16H19NOS. The van der Waals surface area contributed by atoms with Gasteiger partial charge in [0.05, 0.1) is 6.10 Å². The van der Waals surface area contributed by atoms with Crippen LogP contribution < -0.4 is 5.32 Å². The van der Waals surface area contributed by atoms with Crippen LogP contribution in [0.4, 0.5) is 0 Å². The predicted octanol–water partition coefficient (Wildman–Crippen LogP) is 3.06. The number of aryl methyl sites for hydroxylation is 2. The van der Waals surface area contributed by atoms with Crippen molar-refractivity contribution in [1.29, 1.82) is 0 Å². The zero-order chi connectivity index (χ0) is 13.1. The highest BCUT2D eigenvalue weighted by atomic mass is 32.1. The fraction of sp³-hybridized carbons (Fsp3) is 0.375. The van der Waals surface area contributed by atoms with Crippen LogP contribution >= 0.6 is 11.3 Å². The maximum atomic E-state index is 10.1. The largest absolute Gasteiger partial charge is 0.387 e. The van der Waals surface area contributed by atoms with E-state index in [1.54, 1.807) is 10.4 Å². The van der Waals surface area contributed by atoms with Gasteiger partial charge in [0.2, 0.25) is 0 Å². The lowest BCUT2D eigenvalue weighted by Gasteiger charge is -2.11. The van der Waals surface area contributed by atoms with E-state index in [9.17, 15) is 5.11 Å². The molecule has 1 unspecified atom stereocenters. The minimum atomic E-state index is -0.423. The Morgan fingerprint density at radius 1 is 1.21 bits per heavy atom. The van der Waals surface area contributed by atoms with Crippen molar-refractivity contribution in [2.24, 2.45) is 0 Å². The van der Waals surface area contributed by atoms with Crippen LogP contribution in [0.15, 0.2) is 36.4 Å². The third-order valence-corrected chi connectivity index (χ3v) is 4.86. The molecule has 1 aromatic carbocycles. The molecule has 0 bridgehead atoms. The second-order valence-corrected chi connectivity index (χ2v) is 6.29. The molecule has 1 atom stereocenters. The van der Waals surface area contributed by atoms with Crippen LogP contribution in [0.25, 0.3) is 0 Å². The van der Waals surface area contributed by atoms with Crippen LogP contribution in [-0.2, 0) is 19.4 Å². The molecule has 0 saturated carbocycles. The first-order valence-electron chi connectivity index (χ1n) is 6.87.